The summed E-state index contributed by atoms with van der Waals surface area (Å²) in [4.78, 5) is 0. The van der Waals surface area contributed by atoms with Gasteiger partial charge in [-0.15, -0.1) is 0 Å². The van der Waals surface area contributed by atoms with Crippen molar-refractivity contribution in [2.24, 2.45) is 5.84 Å². The number of hydrazine groups is 1. The van der Waals surface area contributed by atoms with Gasteiger partial charge in [0.2, 0.25) is 0 Å². The molecular formula is C11H11F7N2. The zero-order valence-corrected chi connectivity index (χ0v) is 9.95. The molecule has 0 aliphatic heterocycles. The van der Waals surface area contributed by atoms with Crippen LogP contribution in [-0.4, -0.2) is 6.18 Å². The maximum absolute atomic E-state index is 13.7. The van der Waals surface area contributed by atoms with Crippen LogP contribution in [0.4, 0.5) is 30.7 Å². The Morgan fingerprint density at radius 3 is 2.15 bits per heavy atom. The number of rotatable bonds is 4. The second-order valence-electron chi connectivity index (χ2n) is 4.08. The molecule has 3 N–H and O–H groups in total. The van der Waals surface area contributed by atoms with Crippen LogP contribution in [0.15, 0.2) is 18.2 Å². The summed E-state index contributed by atoms with van der Waals surface area (Å²) in [5, 5.41) is 0. The average Bonchev–Trinajstić information content (AvgIpc) is 2.28. The molecule has 0 saturated carbocycles. The van der Waals surface area contributed by atoms with E-state index in [1.54, 1.807) is 0 Å². The van der Waals surface area contributed by atoms with Gasteiger partial charge in [0.25, 0.3) is 0 Å². The normalized spacial score (nSPS) is 14.4. The summed E-state index contributed by atoms with van der Waals surface area (Å²) in [6, 6.07) is 1.03. The highest BCUT2D eigenvalue weighted by molar-refractivity contribution is 5.30. The van der Waals surface area contributed by atoms with Crippen LogP contribution in [0.3, 0.4) is 0 Å². The number of benzene rings is 1. The molecule has 1 aromatic carbocycles. The number of hydrogen-bond donors (Lipinski definition) is 2. The van der Waals surface area contributed by atoms with Crippen molar-refractivity contribution >= 4 is 0 Å². The Morgan fingerprint density at radius 2 is 1.70 bits per heavy atom. The lowest BCUT2D eigenvalue weighted by atomic mass is 9.99. The average molecular weight is 304 g/mol. The molecule has 20 heavy (non-hydrogen) atoms. The Bertz CT molecular complexity index is 453. The molecule has 0 amide bonds. The van der Waals surface area contributed by atoms with E-state index in [-0.39, 0.29) is 0 Å². The third-order valence-corrected chi connectivity index (χ3v) is 2.63. The third-order valence-electron chi connectivity index (χ3n) is 2.63. The first-order valence-electron chi connectivity index (χ1n) is 5.44. The summed E-state index contributed by atoms with van der Waals surface area (Å²) in [5.74, 6) is 3.38. The van der Waals surface area contributed by atoms with Crippen molar-refractivity contribution in [2.75, 3.05) is 0 Å². The standard InChI is InChI=1S/C11H11F7N2/c12-9-6(2-1-3-7(9)11(16,17)18)8(20-19)4-5-10(13,14)15/h1-3,8,20H,4-5,19H2. The molecule has 2 nitrogen and oxygen atoms in total. The largest absolute Gasteiger partial charge is 0.419 e. The molecule has 0 aliphatic carbocycles. The Morgan fingerprint density at radius 1 is 1.10 bits per heavy atom. The summed E-state index contributed by atoms with van der Waals surface area (Å²) in [7, 11) is 0. The molecule has 0 saturated heterocycles. The van der Waals surface area contributed by atoms with Crippen LogP contribution in [0.2, 0.25) is 0 Å². The fourth-order valence-corrected chi connectivity index (χ4v) is 1.67. The molecule has 1 aromatic rings. The van der Waals surface area contributed by atoms with Crippen LogP contribution in [0, 0.1) is 5.82 Å². The predicted molar refractivity (Wildman–Crippen MR) is 56.8 cm³/mol. The molecule has 0 fully saturated rings. The zero-order chi connectivity index (χ0) is 15.6. The molecule has 0 radical (unpaired) electrons. The van der Waals surface area contributed by atoms with E-state index in [1.807, 2.05) is 5.43 Å². The first kappa shape index (κ1) is 16.7. The molecule has 114 valence electrons. The van der Waals surface area contributed by atoms with Gasteiger partial charge in [0, 0.05) is 18.0 Å². The van der Waals surface area contributed by atoms with Crippen LogP contribution in [0.1, 0.15) is 30.0 Å². The Kier molecular flexibility index (Phi) is 4.98. The summed E-state index contributed by atoms with van der Waals surface area (Å²) < 4.78 is 87.5. The second kappa shape index (κ2) is 5.96. The van der Waals surface area contributed by atoms with Crippen LogP contribution >= 0.6 is 0 Å². The Labute approximate surface area is 109 Å². The second-order valence-corrected chi connectivity index (χ2v) is 4.08. The smallest absolute Gasteiger partial charge is 0.271 e. The zero-order valence-electron chi connectivity index (χ0n) is 9.95. The monoisotopic (exact) mass is 304 g/mol. The van der Waals surface area contributed by atoms with Crippen molar-refractivity contribution in [1.82, 2.24) is 5.43 Å². The summed E-state index contributed by atoms with van der Waals surface area (Å²) in [5.41, 5.74) is -0.186. The Balaban J connectivity index is 3.05. The van der Waals surface area contributed by atoms with E-state index in [1.165, 1.54) is 0 Å². The Hall–Kier alpha value is -1.35. The molecule has 0 aromatic heterocycles. The van der Waals surface area contributed by atoms with Crippen molar-refractivity contribution in [2.45, 2.75) is 31.2 Å². The minimum atomic E-state index is -4.93. The molecule has 0 aliphatic rings. The van der Waals surface area contributed by atoms with Gasteiger partial charge in [0.15, 0.2) is 0 Å². The van der Waals surface area contributed by atoms with Crippen LogP contribution in [0.5, 0.6) is 0 Å². The van der Waals surface area contributed by atoms with Crippen molar-refractivity contribution in [3.63, 3.8) is 0 Å². The van der Waals surface area contributed by atoms with Gasteiger partial charge in [0.1, 0.15) is 5.82 Å². The SMILES string of the molecule is NNC(CCC(F)(F)F)c1cccc(C(F)(F)F)c1F. The molecule has 9 heteroatoms. The van der Waals surface area contributed by atoms with Crippen LogP contribution in [0.25, 0.3) is 0 Å². The number of halogens is 7. The summed E-state index contributed by atoms with van der Waals surface area (Å²) >= 11 is 0. The van der Waals surface area contributed by atoms with Gasteiger partial charge in [-0.25, -0.2) is 4.39 Å². The van der Waals surface area contributed by atoms with E-state index >= 15 is 0 Å². The van der Waals surface area contributed by atoms with Gasteiger partial charge in [0.05, 0.1) is 5.56 Å². The fourth-order valence-electron chi connectivity index (χ4n) is 1.67. The maximum Gasteiger partial charge on any atom is 0.419 e. The van der Waals surface area contributed by atoms with E-state index in [4.69, 9.17) is 5.84 Å². The lowest BCUT2D eigenvalue weighted by Gasteiger charge is -2.19. The van der Waals surface area contributed by atoms with Crippen molar-refractivity contribution in [3.8, 4) is 0 Å². The van der Waals surface area contributed by atoms with Crippen LogP contribution in [-0.2, 0) is 6.18 Å². The lowest BCUT2D eigenvalue weighted by Crippen LogP contribution is -2.30. The maximum atomic E-state index is 13.7. The number of nitrogens with two attached hydrogens (primary N) is 1. The van der Waals surface area contributed by atoms with Gasteiger partial charge in [-0.05, 0) is 12.5 Å². The molecule has 1 atom stereocenters. The predicted octanol–water partition coefficient (Wildman–Crippen LogP) is 3.69. The van der Waals surface area contributed by atoms with E-state index < -0.39 is 48.2 Å². The van der Waals surface area contributed by atoms with E-state index in [0.717, 1.165) is 12.1 Å². The lowest BCUT2D eigenvalue weighted by molar-refractivity contribution is -0.140. The van der Waals surface area contributed by atoms with Crippen molar-refractivity contribution < 1.29 is 30.7 Å². The number of nitrogens with one attached hydrogen (secondary N) is 1. The van der Waals surface area contributed by atoms with Gasteiger partial charge in [-0.1, -0.05) is 12.1 Å². The van der Waals surface area contributed by atoms with Crippen molar-refractivity contribution in [1.29, 1.82) is 0 Å². The molecule has 1 unspecified atom stereocenters. The third kappa shape index (κ3) is 4.34. The minimum absolute atomic E-state index is 0.510. The van der Waals surface area contributed by atoms with Gasteiger partial charge in [-0.3, -0.25) is 11.3 Å². The fraction of sp³-hybridized carbons (Fsp3) is 0.455. The molecule has 0 spiro atoms. The van der Waals surface area contributed by atoms with E-state index in [2.05, 4.69) is 0 Å². The van der Waals surface area contributed by atoms with Gasteiger partial charge < -0.3 is 0 Å². The highest BCUT2D eigenvalue weighted by Gasteiger charge is 2.36. The highest BCUT2D eigenvalue weighted by Crippen LogP contribution is 2.35. The molecular weight excluding hydrogens is 293 g/mol. The van der Waals surface area contributed by atoms with E-state index in [9.17, 15) is 30.7 Å². The van der Waals surface area contributed by atoms with Crippen LogP contribution < -0.4 is 11.3 Å². The van der Waals surface area contributed by atoms with Crippen molar-refractivity contribution in [3.05, 3.63) is 35.1 Å². The highest BCUT2D eigenvalue weighted by atomic mass is 19.4. The minimum Gasteiger partial charge on any atom is -0.271 e. The number of hydrogen-bond acceptors (Lipinski definition) is 2. The first-order chi connectivity index (χ1) is 9.06. The quantitative estimate of drug-likeness (QED) is 0.506. The topological polar surface area (TPSA) is 38.0 Å². The van der Waals surface area contributed by atoms with Gasteiger partial charge >= 0.3 is 12.4 Å². The molecule has 0 bridgehead atoms. The first-order valence-corrected chi connectivity index (χ1v) is 5.44. The summed E-state index contributed by atoms with van der Waals surface area (Å²) in [6.07, 6.45) is -11.4. The number of alkyl halides is 6. The molecule has 0 heterocycles. The van der Waals surface area contributed by atoms with Gasteiger partial charge in [-0.2, -0.15) is 26.3 Å². The molecule has 1 rings (SSSR count). The summed E-state index contributed by atoms with van der Waals surface area (Å²) in [6.45, 7) is 0. The van der Waals surface area contributed by atoms with E-state index in [0.29, 0.717) is 6.07 Å².